The fourth-order valence-corrected chi connectivity index (χ4v) is 12.0. The first-order valence-corrected chi connectivity index (χ1v) is 25.8. The topological polar surface area (TPSA) is 52.6 Å². The summed E-state index contributed by atoms with van der Waals surface area (Å²) in [4.78, 5) is 0. The largest absolute Gasteiger partial charge is 0.102 e. The van der Waals surface area contributed by atoms with E-state index in [0.717, 1.165) is 18.6 Å². The summed E-state index contributed by atoms with van der Waals surface area (Å²) in [5, 5.41) is 8.61. The van der Waals surface area contributed by atoms with Crippen LogP contribution in [0, 0.1) is 0 Å². The second-order valence-electron chi connectivity index (χ2n) is 12.7. The quantitative estimate of drug-likeness (QED) is 0.139. The Bertz CT molecular complexity index is 2110. The van der Waals surface area contributed by atoms with Crippen LogP contribution in [0.2, 0.25) is 0 Å². The molecule has 0 atom stereocenters. The Kier molecular flexibility index (Phi) is 28.6. The van der Waals surface area contributed by atoms with Crippen molar-refractivity contribution < 1.29 is 58.5 Å². The third kappa shape index (κ3) is 20.9. The molecule has 0 aliphatic rings. The van der Waals surface area contributed by atoms with Gasteiger partial charge in [0.15, 0.2) is 0 Å². The van der Waals surface area contributed by atoms with Gasteiger partial charge in [-0.15, -0.1) is 0 Å². The molecule has 0 saturated heterocycles. The molecular weight excluding hydrogens is 1280 g/mol. The van der Waals surface area contributed by atoms with Gasteiger partial charge in [-0.2, -0.15) is 0 Å². The van der Waals surface area contributed by atoms with Crippen molar-refractivity contribution in [2.24, 2.45) is 0 Å². The molecule has 0 fully saturated rings. The maximum absolute atomic E-state index is 4.78. The zero-order chi connectivity index (χ0) is 43.5. The van der Waals surface area contributed by atoms with Crippen molar-refractivity contribution in [3.63, 3.8) is 0 Å². The standard InChI is InChI=1S/2C18H15P.4C4H4OSe.2Pd/c2*1-4-10-16(11-5-1)19(17-12-6-2-7-13-17)18-14-8-3-9-15-18;4*6-4-2-1-3-5-4;;/h2*1-15H;4*1-3,6H;;/q;;;;;;2*+2/p-2. The van der Waals surface area contributed by atoms with Gasteiger partial charge in [-0.25, -0.2) is 0 Å². The summed E-state index contributed by atoms with van der Waals surface area (Å²) in [6.07, 6.45) is 6.52. The minimum absolute atomic E-state index is 0. The average Bonchev–Trinajstić information content (AvgIpc) is 4.20. The van der Waals surface area contributed by atoms with Crippen LogP contribution in [0.3, 0.4) is 0 Å². The second-order valence-corrected chi connectivity index (χ2v) is 21.0. The Morgan fingerprint density at radius 1 is 0.219 bits per heavy atom. The molecule has 0 spiro atoms. The third-order valence-electron chi connectivity index (χ3n) is 8.36. The van der Waals surface area contributed by atoms with Crippen LogP contribution in [0.5, 0.6) is 0 Å². The zero-order valence-electron chi connectivity index (χ0n) is 34.1. The van der Waals surface area contributed by atoms with Crippen LogP contribution in [0.4, 0.5) is 0 Å². The molecule has 12 heteroatoms. The number of hydrogen-bond donors (Lipinski definition) is 0. The summed E-state index contributed by atoms with van der Waals surface area (Å²) < 4.78 is 22.5. The first-order valence-electron chi connectivity index (χ1n) is 19.4. The second kappa shape index (κ2) is 33.2. The SMILES string of the molecule is [Pd+2].[Pd+2].[Se-]c1ccco1.[Se-]c1ccco1.[Se-]c1ccco1.[Se-]c1ccco1.c1ccc([PH+](c2ccccc2)c2ccccc2)cc1.c1ccc([PH+](c2ccccc2)c2ccccc2)cc1. The van der Waals surface area contributed by atoms with E-state index in [0.29, 0.717) is 0 Å². The van der Waals surface area contributed by atoms with Crippen LogP contribution in [-0.4, -0.2) is 64.1 Å². The van der Waals surface area contributed by atoms with E-state index in [1.165, 1.54) is 31.8 Å². The smallest absolute Gasteiger partial charge is 0.0620 e. The predicted octanol–water partition coefficient (Wildman–Crippen LogP) is 6.64. The Balaban J connectivity index is 0.000000222. The Morgan fingerprint density at radius 2 is 0.375 bits per heavy atom. The summed E-state index contributed by atoms with van der Waals surface area (Å²) in [6, 6.07) is 79.8. The number of furan rings is 4. The van der Waals surface area contributed by atoms with Crippen LogP contribution in [-0.2, 0) is 40.8 Å². The molecule has 4 heterocycles. The van der Waals surface area contributed by atoms with Gasteiger partial charge in [0.05, 0.1) is 15.8 Å². The molecule has 10 rings (SSSR count). The van der Waals surface area contributed by atoms with Gasteiger partial charge in [0.1, 0.15) is 31.8 Å². The van der Waals surface area contributed by atoms with Gasteiger partial charge in [-0.05, 0) is 72.8 Å². The van der Waals surface area contributed by atoms with Crippen molar-refractivity contribution in [2.75, 3.05) is 0 Å². The minimum atomic E-state index is -0.877. The van der Waals surface area contributed by atoms with Gasteiger partial charge in [0, 0.05) is 0 Å². The molecule has 0 unspecified atom stereocenters. The van der Waals surface area contributed by atoms with Crippen molar-refractivity contribution in [1.29, 1.82) is 0 Å². The minimum Gasteiger partial charge on any atom is -0.0620 e. The molecule has 4 aromatic heterocycles. The first kappa shape index (κ1) is 55.0. The van der Waals surface area contributed by atoms with Crippen LogP contribution in [0.15, 0.2) is 273 Å². The first-order chi connectivity index (χ1) is 30.5. The van der Waals surface area contributed by atoms with Crippen LogP contribution >= 0.6 is 15.8 Å². The number of rotatable bonds is 6. The third-order valence-corrected chi connectivity index (χ3v) is 15.8. The van der Waals surface area contributed by atoms with E-state index in [4.69, 9.17) is 17.7 Å². The number of benzene rings is 6. The van der Waals surface area contributed by atoms with E-state index in [-0.39, 0.29) is 40.8 Å². The van der Waals surface area contributed by atoms with Crippen molar-refractivity contribution in [3.8, 4) is 0 Å². The van der Waals surface area contributed by atoms with Crippen molar-refractivity contribution in [3.05, 3.63) is 256 Å². The van der Waals surface area contributed by atoms with Gasteiger partial charge in [-0.3, -0.25) is 0 Å². The molecule has 10 aromatic rings. The summed E-state index contributed by atoms with van der Waals surface area (Å²) in [5.74, 6) is 0. The Hall–Kier alpha value is -3.30. The number of hydrogen-bond acceptors (Lipinski definition) is 4. The molecule has 64 heavy (non-hydrogen) atoms. The van der Waals surface area contributed by atoms with Gasteiger partial charge in [0.2, 0.25) is 0 Å². The maximum Gasteiger partial charge on any atom is 0.102 e. The molecule has 328 valence electrons. The van der Waals surface area contributed by atoms with Crippen LogP contribution in [0.1, 0.15) is 0 Å². The van der Waals surface area contributed by atoms with Gasteiger partial charge in [0.25, 0.3) is 0 Å². The molecule has 4 nitrogen and oxygen atoms in total. The molecule has 0 amide bonds. The van der Waals surface area contributed by atoms with E-state index >= 15 is 0 Å². The van der Waals surface area contributed by atoms with E-state index in [1.807, 2.05) is 48.5 Å². The molecular formula is C52H44O4P2Pd2Se4+2. The molecule has 0 aliphatic carbocycles. The molecule has 6 aromatic carbocycles. The normalized spacial score (nSPS) is 9.53. The zero-order valence-corrected chi connectivity index (χ0v) is 46.1. The van der Waals surface area contributed by atoms with E-state index in [1.54, 1.807) is 25.1 Å². The summed E-state index contributed by atoms with van der Waals surface area (Å²) in [5.41, 5.74) is 0. The summed E-state index contributed by atoms with van der Waals surface area (Å²) in [6.45, 7) is 0. The van der Waals surface area contributed by atoms with Gasteiger partial charge < -0.3 is 0 Å². The molecule has 0 aliphatic heterocycles. The molecule has 0 saturated carbocycles. The van der Waals surface area contributed by atoms with Crippen LogP contribution < -0.4 is 50.5 Å². The summed E-state index contributed by atoms with van der Waals surface area (Å²) >= 11 is 10.9. The van der Waals surface area contributed by atoms with Crippen LogP contribution in [0.25, 0.3) is 0 Å². The summed E-state index contributed by atoms with van der Waals surface area (Å²) in [7, 11) is -1.75. The van der Waals surface area contributed by atoms with Crippen molar-refractivity contribution in [1.82, 2.24) is 0 Å². The van der Waals surface area contributed by atoms with Crippen molar-refractivity contribution >= 4 is 130 Å². The monoisotopic (exact) mass is 1330 g/mol. The Morgan fingerprint density at radius 3 is 0.469 bits per heavy atom. The van der Waals surface area contributed by atoms with Gasteiger partial charge in [-0.1, -0.05) is 109 Å². The predicted molar refractivity (Wildman–Crippen MR) is 269 cm³/mol. The Labute approximate surface area is 439 Å². The average molecular weight is 1320 g/mol. The van der Waals surface area contributed by atoms with E-state index in [2.05, 4.69) is 246 Å². The van der Waals surface area contributed by atoms with E-state index < -0.39 is 15.8 Å². The van der Waals surface area contributed by atoms with E-state index in [9.17, 15) is 0 Å². The van der Waals surface area contributed by atoms with Crippen molar-refractivity contribution in [2.45, 2.75) is 0 Å². The molecule has 0 N–H and O–H groups in total. The fourth-order valence-electron chi connectivity index (χ4n) is 5.68. The molecule has 0 bridgehead atoms. The fraction of sp³-hybridized carbons (Fsp3) is 0. The van der Waals surface area contributed by atoms with Gasteiger partial charge >= 0.3 is 215 Å². The maximum atomic E-state index is 4.78. The molecule has 0 radical (unpaired) electrons.